The summed E-state index contributed by atoms with van der Waals surface area (Å²) < 4.78 is 5.51. The molecule has 2 aromatic rings. The van der Waals surface area contributed by atoms with Gasteiger partial charge in [0.05, 0.1) is 5.69 Å². The van der Waals surface area contributed by atoms with Crippen LogP contribution in [0.3, 0.4) is 0 Å². The maximum atomic E-state index is 11.3. The Hall–Kier alpha value is -2.10. The predicted molar refractivity (Wildman–Crippen MR) is 77.2 cm³/mol. The van der Waals surface area contributed by atoms with Crippen molar-refractivity contribution in [2.45, 2.75) is 40.5 Å². The zero-order valence-corrected chi connectivity index (χ0v) is 12.4. The highest BCUT2D eigenvalue weighted by molar-refractivity contribution is 5.86. The van der Waals surface area contributed by atoms with Crippen LogP contribution in [0.15, 0.2) is 16.5 Å². The van der Waals surface area contributed by atoms with Crippen molar-refractivity contribution in [2.75, 3.05) is 0 Å². The van der Waals surface area contributed by atoms with Gasteiger partial charge in [-0.2, -0.15) is 0 Å². The summed E-state index contributed by atoms with van der Waals surface area (Å²) >= 11 is 0. The molecule has 0 aliphatic rings. The number of carboxylic acids is 1. The van der Waals surface area contributed by atoms with E-state index in [2.05, 4.69) is 4.98 Å². The van der Waals surface area contributed by atoms with Crippen molar-refractivity contribution >= 4 is 5.97 Å². The minimum Gasteiger partial charge on any atom is -0.475 e. The quantitative estimate of drug-likeness (QED) is 0.914. The molecule has 0 amide bonds. The van der Waals surface area contributed by atoms with Crippen molar-refractivity contribution in [2.24, 2.45) is 0 Å². The fraction of sp³-hybridized carbons (Fsp3) is 0.375. The van der Waals surface area contributed by atoms with E-state index in [-0.39, 0.29) is 11.7 Å². The Balaban J connectivity index is 2.66. The zero-order valence-electron chi connectivity index (χ0n) is 12.4. The maximum Gasteiger partial charge on any atom is 0.373 e. The summed E-state index contributed by atoms with van der Waals surface area (Å²) in [7, 11) is 0. The van der Waals surface area contributed by atoms with Crippen molar-refractivity contribution in [1.82, 2.24) is 4.98 Å². The average Bonchev–Trinajstić information content (AvgIpc) is 2.72. The van der Waals surface area contributed by atoms with E-state index in [1.54, 1.807) is 0 Å². The Morgan fingerprint density at radius 3 is 2.15 bits per heavy atom. The smallest absolute Gasteiger partial charge is 0.373 e. The van der Waals surface area contributed by atoms with Gasteiger partial charge in [0.2, 0.25) is 11.7 Å². The van der Waals surface area contributed by atoms with Gasteiger partial charge in [-0.25, -0.2) is 9.78 Å². The summed E-state index contributed by atoms with van der Waals surface area (Å²) in [4.78, 5) is 15.7. The fourth-order valence-corrected chi connectivity index (χ4v) is 2.50. The predicted octanol–water partition coefficient (Wildman–Crippen LogP) is 4.09. The van der Waals surface area contributed by atoms with Crippen molar-refractivity contribution < 1.29 is 14.3 Å². The highest BCUT2D eigenvalue weighted by Gasteiger charge is 2.23. The normalized spacial score (nSPS) is 11.1. The molecule has 1 N–H and O–H groups in total. The van der Waals surface area contributed by atoms with E-state index >= 15 is 0 Å². The van der Waals surface area contributed by atoms with E-state index in [9.17, 15) is 9.90 Å². The van der Waals surface area contributed by atoms with Crippen LogP contribution in [0.25, 0.3) is 11.5 Å². The Bertz CT molecular complexity index is 645. The van der Waals surface area contributed by atoms with Gasteiger partial charge >= 0.3 is 5.97 Å². The van der Waals surface area contributed by atoms with Crippen molar-refractivity contribution in [3.63, 3.8) is 0 Å². The molecular formula is C16H19NO3. The van der Waals surface area contributed by atoms with E-state index in [4.69, 9.17) is 4.42 Å². The Labute approximate surface area is 118 Å². The first kappa shape index (κ1) is 14.3. The molecule has 1 aromatic heterocycles. The van der Waals surface area contributed by atoms with E-state index in [0.717, 1.165) is 22.3 Å². The van der Waals surface area contributed by atoms with Gasteiger partial charge in [0.1, 0.15) is 0 Å². The Kier molecular flexibility index (Phi) is 3.66. The molecule has 1 aromatic carbocycles. The minimum absolute atomic E-state index is 0.00432. The molecule has 0 aliphatic carbocycles. The second-order valence-corrected chi connectivity index (χ2v) is 5.47. The molecule has 0 spiro atoms. The molecule has 0 radical (unpaired) electrons. The highest BCUT2D eigenvalue weighted by atomic mass is 16.4. The number of rotatable bonds is 3. The molecular weight excluding hydrogens is 254 g/mol. The number of aromatic carboxylic acids is 1. The van der Waals surface area contributed by atoms with Gasteiger partial charge in [-0.3, -0.25) is 0 Å². The van der Waals surface area contributed by atoms with Crippen molar-refractivity contribution in [3.8, 4) is 11.5 Å². The van der Waals surface area contributed by atoms with Crippen LogP contribution in [0.4, 0.5) is 0 Å². The average molecular weight is 273 g/mol. The first-order valence-corrected chi connectivity index (χ1v) is 6.63. The molecule has 20 heavy (non-hydrogen) atoms. The molecule has 0 fully saturated rings. The lowest BCUT2D eigenvalue weighted by atomic mass is 10.00. The van der Waals surface area contributed by atoms with Crippen molar-refractivity contribution in [3.05, 3.63) is 40.3 Å². The first-order valence-electron chi connectivity index (χ1n) is 6.63. The number of aryl methyl sites for hydroxylation is 3. The van der Waals surface area contributed by atoms with Crippen LogP contribution >= 0.6 is 0 Å². The Morgan fingerprint density at radius 1 is 1.20 bits per heavy atom. The summed E-state index contributed by atoms with van der Waals surface area (Å²) in [5, 5.41) is 9.22. The van der Waals surface area contributed by atoms with Gasteiger partial charge < -0.3 is 9.52 Å². The van der Waals surface area contributed by atoms with Gasteiger partial charge in [0.15, 0.2) is 0 Å². The van der Waals surface area contributed by atoms with Gasteiger partial charge in [-0.15, -0.1) is 0 Å². The van der Waals surface area contributed by atoms with E-state index in [1.165, 1.54) is 0 Å². The molecule has 0 saturated heterocycles. The largest absolute Gasteiger partial charge is 0.475 e. The standard InChI is InChI=1S/C16H19NO3/c1-8(2)13-14(16(18)19)20-15(17-13)12-10(4)6-9(3)7-11(12)5/h6-8H,1-5H3,(H,18,19). The maximum absolute atomic E-state index is 11.3. The first-order chi connectivity index (χ1) is 9.31. The lowest BCUT2D eigenvalue weighted by Crippen LogP contribution is -2.01. The molecule has 4 nitrogen and oxygen atoms in total. The lowest BCUT2D eigenvalue weighted by molar-refractivity contribution is 0.0661. The van der Waals surface area contributed by atoms with Crippen LogP contribution in [-0.2, 0) is 0 Å². The second-order valence-electron chi connectivity index (χ2n) is 5.47. The van der Waals surface area contributed by atoms with Crippen LogP contribution in [0.5, 0.6) is 0 Å². The zero-order chi connectivity index (χ0) is 15.0. The lowest BCUT2D eigenvalue weighted by Gasteiger charge is -2.07. The molecule has 4 heteroatoms. The number of carboxylic acid groups (broad SMARTS) is 1. The molecule has 0 saturated carbocycles. The van der Waals surface area contributed by atoms with Crippen molar-refractivity contribution in [1.29, 1.82) is 0 Å². The van der Waals surface area contributed by atoms with Crippen LogP contribution in [0, 0.1) is 20.8 Å². The van der Waals surface area contributed by atoms with Crippen LogP contribution < -0.4 is 0 Å². The van der Waals surface area contributed by atoms with E-state index < -0.39 is 5.97 Å². The van der Waals surface area contributed by atoms with Crippen LogP contribution in [0.1, 0.15) is 52.7 Å². The molecule has 0 unspecified atom stereocenters. The number of carbonyl (C=O) groups is 1. The number of hydrogen-bond donors (Lipinski definition) is 1. The summed E-state index contributed by atoms with van der Waals surface area (Å²) in [6, 6.07) is 4.09. The van der Waals surface area contributed by atoms with Crippen LogP contribution in [-0.4, -0.2) is 16.1 Å². The third-order valence-electron chi connectivity index (χ3n) is 3.29. The summed E-state index contributed by atoms with van der Waals surface area (Å²) in [6.45, 7) is 9.80. The van der Waals surface area contributed by atoms with E-state index in [0.29, 0.717) is 11.6 Å². The van der Waals surface area contributed by atoms with Gasteiger partial charge in [-0.1, -0.05) is 31.5 Å². The molecule has 0 atom stereocenters. The summed E-state index contributed by atoms with van der Waals surface area (Å²) in [6.07, 6.45) is 0. The number of aromatic nitrogens is 1. The number of hydrogen-bond acceptors (Lipinski definition) is 3. The number of oxazole rings is 1. The third kappa shape index (κ3) is 2.46. The van der Waals surface area contributed by atoms with E-state index in [1.807, 2.05) is 46.8 Å². The molecule has 0 aliphatic heterocycles. The second kappa shape index (κ2) is 5.12. The topological polar surface area (TPSA) is 63.3 Å². The highest BCUT2D eigenvalue weighted by Crippen LogP contribution is 2.31. The molecule has 2 rings (SSSR count). The number of benzene rings is 1. The Morgan fingerprint density at radius 2 is 1.75 bits per heavy atom. The van der Waals surface area contributed by atoms with Gasteiger partial charge in [0.25, 0.3) is 0 Å². The molecule has 1 heterocycles. The molecule has 0 bridgehead atoms. The fourth-order valence-electron chi connectivity index (χ4n) is 2.50. The van der Waals surface area contributed by atoms with Crippen LogP contribution in [0.2, 0.25) is 0 Å². The third-order valence-corrected chi connectivity index (χ3v) is 3.29. The number of nitrogens with zero attached hydrogens (tertiary/aromatic N) is 1. The minimum atomic E-state index is -1.07. The summed E-state index contributed by atoms with van der Waals surface area (Å²) in [5.41, 5.74) is 4.61. The van der Waals surface area contributed by atoms with Gasteiger partial charge in [-0.05, 0) is 37.8 Å². The summed E-state index contributed by atoms with van der Waals surface area (Å²) in [5.74, 6) is -0.741. The monoisotopic (exact) mass is 273 g/mol. The SMILES string of the molecule is Cc1cc(C)c(-c2nc(C(C)C)c(C(=O)O)o2)c(C)c1. The molecule has 106 valence electrons. The van der Waals surface area contributed by atoms with Gasteiger partial charge in [0, 0.05) is 5.56 Å².